The second kappa shape index (κ2) is 3.18. The molecule has 0 unspecified atom stereocenters. The Hall–Kier alpha value is -0.770. The average Bonchev–Trinajstić information content (AvgIpc) is 2.27. The molecule has 0 radical (unpaired) electrons. The molecule has 13 heavy (non-hydrogen) atoms. The number of benzene rings is 1. The molecule has 0 saturated heterocycles. The number of thioether (sulfide) groups is 1. The van der Waals surface area contributed by atoms with Crippen LogP contribution in [-0.2, 0) is 0 Å². The van der Waals surface area contributed by atoms with Crippen LogP contribution in [0.5, 0.6) is 0 Å². The quantitative estimate of drug-likeness (QED) is 0.692. The van der Waals surface area contributed by atoms with Crippen molar-refractivity contribution in [3.8, 4) is 0 Å². The molecular weight excluding hydrogens is 192 g/mol. The van der Waals surface area contributed by atoms with E-state index in [2.05, 4.69) is 5.32 Å². The molecule has 1 aliphatic rings. The van der Waals surface area contributed by atoms with Crippen LogP contribution in [0.15, 0.2) is 29.2 Å². The lowest BCUT2D eigenvalue weighted by Crippen LogP contribution is -2.28. The third kappa shape index (κ3) is 1.94. The van der Waals surface area contributed by atoms with Crippen molar-refractivity contribution >= 4 is 17.4 Å². The van der Waals surface area contributed by atoms with Gasteiger partial charge >= 0.3 is 0 Å². The molecule has 1 aromatic carbocycles. The summed E-state index contributed by atoms with van der Waals surface area (Å²) in [6.07, 6.45) is 0. The van der Waals surface area contributed by atoms with Gasteiger partial charge < -0.3 is 5.32 Å². The molecule has 4 heteroatoms. The maximum Gasteiger partial charge on any atom is 0.274 e. The Labute approximate surface area is 79.5 Å². The molecule has 1 aliphatic heterocycles. The van der Waals surface area contributed by atoms with E-state index >= 15 is 0 Å². The zero-order valence-electron chi connectivity index (χ0n) is 6.89. The van der Waals surface area contributed by atoms with Crippen molar-refractivity contribution in [2.75, 3.05) is 17.6 Å². The highest BCUT2D eigenvalue weighted by molar-refractivity contribution is 7.99. The van der Waals surface area contributed by atoms with Gasteiger partial charge in [0, 0.05) is 10.6 Å². The summed E-state index contributed by atoms with van der Waals surface area (Å²) in [4.78, 5) is 0.902. The van der Waals surface area contributed by atoms with Crippen molar-refractivity contribution in [2.24, 2.45) is 0 Å². The lowest BCUT2D eigenvalue weighted by Gasteiger charge is -2.11. The first-order valence-electron chi connectivity index (χ1n) is 4.01. The van der Waals surface area contributed by atoms with Crippen LogP contribution in [0.4, 0.5) is 14.5 Å². The molecule has 0 atom stereocenters. The van der Waals surface area contributed by atoms with Gasteiger partial charge in [0.25, 0.3) is 5.92 Å². The maximum atomic E-state index is 12.9. The molecule has 0 bridgehead atoms. The van der Waals surface area contributed by atoms with Gasteiger partial charge in [-0.2, -0.15) is 0 Å². The Morgan fingerprint density at radius 2 is 2.08 bits per heavy atom. The smallest absolute Gasteiger partial charge is 0.274 e. The Kier molecular flexibility index (Phi) is 2.15. The molecule has 0 aromatic heterocycles. The summed E-state index contributed by atoms with van der Waals surface area (Å²) < 4.78 is 25.9. The lowest BCUT2D eigenvalue weighted by atomic mass is 10.3. The summed E-state index contributed by atoms with van der Waals surface area (Å²) in [7, 11) is 0. The second-order valence-corrected chi connectivity index (χ2v) is 4.01. The van der Waals surface area contributed by atoms with Crippen LogP contribution >= 0.6 is 11.8 Å². The number of para-hydroxylation sites is 1. The molecule has 70 valence electrons. The largest absolute Gasteiger partial charge is 0.378 e. The zero-order valence-corrected chi connectivity index (χ0v) is 7.70. The van der Waals surface area contributed by atoms with Crippen molar-refractivity contribution in [1.29, 1.82) is 0 Å². The molecule has 0 fully saturated rings. The van der Waals surface area contributed by atoms with Crippen molar-refractivity contribution in [3.63, 3.8) is 0 Å². The summed E-state index contributed by atoms with van der Waals surface area (Å²) in [6.45, 7) is -0.267. The van der Waals surface area contributed by atoms with Crippen molar-refractivity contribution in [3.05, 3.63) is 24.3 Å². The Balaban J connectivity index is 2.27. The number of halogens is 2. The minimum atomic E-state index is -2.61. The first-order valence-corrected chi connectivity index (χ1v) is 4.99. The van der Waals surface area contributed by atoms with Crippen molar-refractivity contribution in [1.82, 2.24) is 0 Å². The summed E-state index contributed by atoms with van der Waals surface area (Å²) in [5.41, 5.74) is 0.810. The van der Waals surface area contributed by atoms with Gasteiger partial charge in [-0.25, -0.2) is 8.78 Å². The topological polar surface area (TPSA) is 12.0 Å². The van der Waals surface area contributed by atoms with Gasteiger partial charge in [-0.05, 0) is 12.1 Å². The third-order valence-corrected chi connectivity index (χ3v) is 3.10. The molecule has 0 spiro atoms. The SMILES string of the molecule is FC1(F)CNc2ccccc2SC1. The lowest BCUT2D eigenvalue weighted by molar-refractivity contribution is 0.0427. The predicted molar refractivity (Wildman–Crippen MR) is 50.6 cm³/mol. The molecule has 0 aliphatic carbocycles. The van der Waals surface area contributed by atoms with Gasteiger partial charge in [-0.3, -0.25) is 0 Å². The van der Waals surface area contributed by atoms with E-state index in [0.717, 1.165) is 10.6 Å². The van der Waals surface area contributed by atoms with Gasteiger partial charge in [0.15, 0.2) is 0 Å². The summed E-state index contributed by atoms with van der Waals surface area (Å²) in [6, 6.07) is 7.38. The summed E-state index contributed by atoms with van der Waals surface area (Å²) in [5, 5.41) is 2.74. The minimum absolute atomic E-state index is 0.142. The predicted octanol–water partition coefficient (Wildman–Crippen LogP) is 2.84. The van der Waals surface area contributed by atoms with Crippen LogP contribution in [0.3, 0.4) is 0 Å². The third-order valence-electron chi connectivity index (χ3n) is 1.86. The Bertz CT molecular complexity index is 285. The van der Waals surface area contributed by atoms with E-state index in [-0.39, 0.29) is 12.3 Å². The molecule has 1 heterocycles. The van der Waals surface area contributed by atoms with Crippen LogP contribution in [0.2, 0.25) is 0 Å². The average molecular weight is 201 g/mol. The Morgan fingerprint density at radius 1 is 1.31 bits per heavy atom. The number of nitrogens with one attached hydrogen (secondary N) is 1. The molecular formula is C9H9F2NS. The Morgan fingerprint density at radius 3 is 2.92 bits per heavy atom. The van der Waals surface area contributed by atoms with Crippen LogP contribution in [-0.4, -0.2) is 18.2 Å². The molecule has 2 rings (SSSR count). The highest BCUT2D eigenvalue weighted by Crippen LogP contribution is 2.34. The van der Waals surface area contributed by atoms with Gasteiger partial charge in [-0.1, -0.05) is 12.1 Å². The van der Waals surface area contributed by atoms with E-state index in [1.54, 1.807) is 0 Å². The number of alkyl halides is 2. The van der Waals surface area contributed by atoms with E-state index in [9.17, 15) is 8.78 Å². The molecule has 1 aromatic rings. The van der Waals surface area contributed by atoms with Crippen LogP contribution in [0.25, 0.3) is 0 Å². The monoisotopic (exact) mass is 201 g/mol. The van der Waals surface area contributed by atoms with Gasteiger partial charge in [0.2, 0.25) is 0 Å². The summed E-state index contributed by atoms with van der Waals surface area (Å²) in [5.74, 6) is -2.75. The number of hydrogen-bond donors (Lipinski definition) is 1. The molecule has 0 saturated carbocycles. The highest BCUT2D eigenvalue weighted by atomic mass is 32.2. The number of anilines is 1. The molecule has 1 N–H and O–H groups in total. The zero-order chi connectivity index (χ0) is 9.31. The first kappa shape index (κ1) is 8.81. The van der Waals surface area contributed by atoms with Crippen molar-refractivity contribution in [2.45, 2.75) is 10.8 Å². The van der Waals surface area contributed by atoms with E-state index in [0.29, 0.717) is 0 Å². The fourth-order valence-electron chi connectivity index (χ4n) is 1.20. The number of hydrogen-bond acceptors (Lipinski definition) is 2. The van der Waals surface area contributed by atoms with Crippen LogP contribution < -0.4 is 5.32 Å². The second-order valence-electron chi connectivity index (χ2n) is 2.99. The standard InChI is InChI=1S/C9H9F2NS/c10-9(11)5-12-7-3-1-2-4-8(7)13-6-9/h1-4,12H,5-6H2. The van der Waals surface area contributed by atoms with E-state index in [1.165, 1.54) is 11.8 Å². The summed E-state index contributed by atoms with van der Waals surface area (Å²) >= 11 is 1.20. The van der Waals surface area contributed by atoms with Gasteiger partial charge in [0.05, 0.1) is 12.3 Å². The molecule has 1 nitrogen and oxygen atoms in total. The van der Waals surface area contributed by atoms with Crippen LogP contribution in [0.1, 0.15) is 0 Å². The number of rotatable bonds is 0. The van der Waals surface area contributed by atoms with E-state index < -0.39 is 5.92 Å². The van der Waals surface area contributed by atoms with Gasteiger partial charge in [-0.15, -0.1) is 11.8 Å². The first-order chi connectivity index (χ1) is 6.17. The van der Waals surface area contributed by atoms with Crippen LogP contribution in [0, 0.1) is 0 Å². The maximum absolute atomic E-state index is 12.9. The fourth-order valence-corrected chi connectivity index (χ4v) is 2.14. The van der Waals surface area contributed by atoms with Gasteiger partial charge in [0.1, 0.15) is 0 Å². The molecule has 0 amide bonds. The highest BCUT2D eigenvalue weighted by Gasteiger charge is 2.31. The minimum Gasteiger partial charge on any atom is -0.378 e. The number of fused-ring (bicyclic) bond motifs is 1. The fraction of sp³-hybridized carbons (Fsp3) is 0.333. The van der Waals surface area contributed by atoms with Crippen molar-refractivity contribution < 1.29 is 8.78 Å². The van der Waals surface area contributed by atoms with E-state index in [1.807, 2.05) is 24.3 Å². The normalized spacial score (nSPS) is 19.8. The van der Waals surface area contributed by atoms with E-state index in [4.69, 9.17) is 0 Å².